The largest absolute Gasteiger partial charge is 0.489 e. The minimum Gasteiger partial charge on any atom is -0.489 e. The maximum atomic E-state index is 11.5. The minimum absolute atomic E-state index is 0.0125. The lowest BCUT2D eigenvalue weighted by atomic mass is 9.90. The molecule has 20 heavy (non-hydrogen) atoms. The van der Waals surface area contributed by atoms with Crippen molar-refractivity contribution in [2.75, 3.05) is 25.6 Å². The fourth-order valence-corrected chi connectivity index (χ4v) is 2.46. The van der Waals surface area contributed by atoms with E-state index in [1.165, 1.54) is 39.2 Å². The number of ether oxygens (including phenoxy) is 2. The topological polar surface area (TPSA) is 60.5 Å². The Hall–Kier alpha value is -1.62. The first-order chi connectivity index (χ1) is 9.79. The van der Waals surface area contributed by atoms with Crippen LogP contribution >= 0.6 is 0 Å². The summed E-state index contributed by atoms with van der Waals surface area (Å²) in [5.74, 6) is 1.48. The second kappa shape index (κ2) is 7.85. The maximum absolute atomic E-state index is 11.5. The van der Waals surface area contributed by atoms with Gasteiger partial charge in [-0.25, -0.2) is 4.98 Å². The number of nitrogens with one attached hydrogen (secondary N) is 1. The number of pyridine rings is 1. The van der Waals surface area contributed by atoms with Crippen molar-refractivity contribution in [3.05, 3.63) is 18.3 Å². The van der Waals surface area contributed by atoms with Crippen molar-refractivity contribution < 1.29 is 14.3 Å². The van der Waals surface area contributed by atoms with Gasteiger partial charge in [-0.1, -0.05) is 19.3 Å². The number of carbonyl (C=O) groups is 1. The van der Waals surface area contributed by atoms with Crippen LogP contribution in [-0.2, 0) is 9.53 Å². The predicted octanol–water partition coefficient (Wildman–Crippen LogP) is 2.63. The summed E-state index contributed by atoms with van der Waals surface area (Å²) >= 11 is 0. The van der Waals surface area contributed by atoms with Gasteiger partial charge in [0.25, 0.3) is 5.91 Å². The molecule has 1 N–H and O–H groups in total. The van der Waals surface area contributed by atoms with E-state index in [1.54, 1.807) is 6.20 Å². The van der Waals surface area contributed by atoms with Crippen molar-refractivity contribution in [3.8, 4) is 5.75 Å². The van der Waals surface area contributed by atoms with Crippen molar-refractivity contribution in [2.45, 2.75) is 32.1 Å². The SMILES string of the molecule is COCC(=O)Nc1ncccc1OCC1CCCCC1. The van der Waals surface area contributed by atoms with Gasteiger partial charge in [0.15, 0.2) is 11.6 Å². The van der Waals surface area contributed by atoms with Gasteiger partial charge in [-0.15, -0.1) is 0 Å². The number of aromatic nitrogens is 1. The van der Waals surface area contributed by atoms with E-state index in [0.29, 0.717) is 24.1 Å². The van der Waals surface area contributed by atoms with E-state index in [1.807, 2.05) is 12.1 Å². The first-order valence-corrected chi connectivity index (χ1v) is 7.16. The van der Waals surface area contributed by atoms with E-state index in [9.17, 15) is 4.79 Å². The molecule has 2 rings (SSSR count). The van der Waals surface area contributed by atoms with Crippen LogP contribution in [0, 0.1) is 5.92 Å². The Kier molecular flexibility index (Phi) is 5.80. The van der Waals surface area contributed by atoms with Crippen LogP contribution in [-0.4, -0.2) is 31.2 Å². The van der Waals surface area contributed by atoms with Crippen molar-refractivity contribution in [3.63, 3.8) is 0 Å². The molecule has 1 saturated carbocycles. The summed E-state index contributed by atoms with van der Waals surface area (Å²) in [5.41, 5.74) is 0. The quantitative estimate of drug-likeness (QED) is 0.869. The average Bonchev–Trinajstić information content (AvgIpc) is 2.48. The smallest absolute Gasteiger partial charge is 0.251 e. The van der Waals surface area contributed by atoms with E-state index in [4.69, 9.17) is 9.47 Å². The molecule has 1 fully saturated rings. The summed E-state index contributed by atoms with van der Waals surface area (Å²) in [6, 6.07) is 3.64. The molecule has 0 aromatic carbocycles. The molecule has 1 aliphatic carbocycles. The summed E-state index contributed by atoms with van der Waals surface area (Å²) in [4.78, 5) is 15.7. The van der Waals surface area contributed by atoms with E-state index < -0.39 is 0 Å². The van der Waals surface area contributed by atoms with Gasteiger partial charge >= 0.3 is 0 Å². The first-order valence-electron chi connectivity index (χ1n) is 7.16. The number of rotatable bonds is 6. The molecule has 0 spiro atoms. The van der Waals surface area contributed by atoms with Crippen LogP contribution in [0.1, 0.15) is 32.1 Å². The zero-order valence-electron chi connectivity index (χ0n) is 11.9. The Morgan fingerprint density at radius 1 is 1.40 bits per heavy atom. The Morgan fingerprint density at radius 3 is 2.95 bits per heavy atom. The van der Waals surface area contributed by atoms with Gasteiger partial charge in [0.2, 0.25) is 0 Å². The molecule has 1 aliphatic rings. The molecule has 0 unspecified atom stereocenters. The molecule has 0 atom stereocenters. The fourth-order valence-electron chi connectivity index (χ4n) is 2.46. The third-order valence-electron chi connectivity index (χ3n) is 3.50. The molecule has 5 nitrogen and oxygen atoms in total. The van der Waals surface area contributed by atoms with Gasteiger partial charge in [0.1, 0.15) is 6.61 Å². The molecule has 0 saturated heterocycles. The molecule has 0 radical (unpaired) electrons. The molecule has 1 heterocycles. The first kappa shape index (κ1) is 14.8. The van der Waals surface area contributed by atoms with Crippen LogP contribution in [0.4, 0.5) is 5.82 Å². The number of methoxy groups -OCH3 is 1. The Bertz CT molecular complexity index is 431. The highest BCUT2D eigenvalue weighted by Crippen LogP contribution is 2.26. The number of hydrogen-bond acceptors (Lipinski definition) is 4. The van der Waals surface area contributed by atoms with Crippen LogP contribution in [0.25, 0.3) is 0 Å². The summed E-state index contributed by atoms with van der Waals surface area (Å²) in [6.07, 6.45) is 8.01. The monoisotopic (exact) mass is 278 g/mol. The highest BCUT2D eigenvalue weighted by Gasteiger charge is 2.15. The summed E-state index contributed by atoms with van der Waals surface area (Å²) in [6.45, 7) is 0.706. The van der Waals surface area contributed by atoms with Gasteiger partial charge < -0.3 is 14.8 Å². The van der Waals surface area contributed by atoms with E-state index in [0.717, 1.165) is 0 Å². The van der Waals surface area contributed by atoms with Crippen LogP contribution < -0.4 is 10.1 Å². The molecule has 1 aromatic rings. The van der Waals surface area contributed by atoms with Gasteiger partial charge in [0, 0.05) is 13.3 Å². The molecule has 0 bridgehead atoms. The molecule has 1 aromatic heterocycles. The fraction of sp³-hybridized carbons (Fsp3) is 0.600. The van der Waals surface area contributed by atoms with Gasteiger partial charge in [-0.2, -0.15) is 0 Å². The average molecular weight is 278 g/mol. The zero-order chi connectivity index (χ0) is 14.2. The number of amides is 1. The van der Waals surface area contributed by atoms with Crippen LogP contribution in [0.15, 0.2) is 18.3 Å². The number of hydrogen-bond donors (Lipinski definition) is 1. The Labute approximate surface area is 119 Å². The van der Waals surface area contributed by atoms with Crippen molar-refractivity contribution in [1.82, 2.24) is 4.98 Å². The lowest BCUT2D eigenvalue weighted by molar-refractivity contribution is -0.119. The number of nitrogens with zero attached hydrogens (tertiary/aromatic N) is 1. The highest BCUT2D eigenvalue weighted by molar-refractivity contribution is 5.91. The third-order valence-corrected chi connectivity index (χ3v) is 3.50. The molecular formula is C15H22N2O3. The van der Waals surface area contributed by atoms with Crippen molar-refractivity contribution in [2.24, 2.45) is 5.92 Å². The lowest BCUT2D eigenvalue weighted by Crippen LogP contribution is -2.20. The summed E-state index contributed by atoms with van der Waals surface area (Å²) < 4.78 is 10.6. The van der Waals surface area contributed by atoms with Crippen LogP contribution in [0.5, 0.6) is 5.75 Å². The highest BCUT2D eigenvalue weighted by atomic mass is 16.5. The minimum atomic E-state index is -0.228. The van der Waals surface area contributed by atoms with E-state index in [2.05, 4.69) is 10.3 Å². The molecule has 0 aliphatic heterocycles. The predicted molar refractivity (Wildman–Crippen MR) is 76.8 cm³/mol. The molecular weight excluding hydrogens is 256 g/mol. The summed E-state index contributed by atoms with van der Waals surface area (Å²) in [7, 11) is 1.48. The summed E-state index contributed by atoms with van der Waals surface area (Å²) in [5, 5.41) is 2.70. The van der Waals surface area contributed by atoms with Gasteiger partial charge in [0.05, 0.1) is 6.61 Å². The Balaban J connectivity index is 1.91. The second-order valence-corrected chi connectivity index (χ2v) is 5.15. The second-order valence-electron chi connectivity index (χ2n) is 5.15. The number of carbonyl (C=O) groups excluding carboxylic acids is 1. The normalized spacial score (nSPS) is 15.8. The van der Waals surface area contributed by atoms with Gasteiger partial charge in [-0.3, -0.25) is 4.79 Å². The van der Waals surface area contributed by atoms with Crippen LogP contribution in [0.2, 0.25) is 0 Å². The maximum Gasteiger partial charge on any atom is 0.251 e. The van der Waals surface area contributed by atoms with Crippen LogP contribution in [0.3, 0.4) is 0 Å². The van der Waals surface area contributed by atoms with E-state index >= 15 is 0 Å². The van der Waals surface area contributed by atoms with Crippen molar-refractivity contribution >= 4 is 11.7 Å². The lowest BCUT2D eigenvalue weighted by Gasteiger charge is -2.22. The third kappa shape index (κ3) is 4.49. The Morgan fingerprint density at radius 2 is 2.20 bits per heavy atom. The molecule has 110 valence electrons. The molecule has 5 heteroatoms. The number of anilines is 1. The van der Waals surface area contributed by atoms with Crippen molar-refractivity contribution in [1.29, 1.82) is 0 Å². The van der Waals surface area contributed by atoms with E-state index in [-0.39, 0.29) is 12.5 Å². The zero-order valence-corrected chi connectivity index (χ0v) is 11.9. The standard InChI is InChI=1S/C15H22N2O3/c1-19-11-14(18)17-15-13(8-5-9-16-15)20-10-12-6-3-2-4-7-12/h5,8-9,12H,2-4,6-7,10-11H2,1H3,(H,16,17,18). The molecule has 1 amide bonds. The van der Waals surface area contributed by atoms with Gasteiger partial charge in [-0.05, 0) is 30.9 Å².